The highest BCUT2D eigenvalue weighted by Gasteiger charge is 2.29. The van der Waals surface area contributed by atoms with Gasteiger partial charge in [0.1, 0.15) is 6.10 Å². The lowest BCUT2D eigenvalue weighted by atomic mass is 10.2. The summed E-state index contributed by atoms with van der Waals surface area (Å²) in [4.78, 5) is 16.5. The molecule has 0 bridgehead atoms. The minimum Gasteiger partial charge on any atom is -0.385 e. The standard InChI is InChI=1S/C13H24N2O3/c1-17-10-3-5-14-6-8-15(9-7-14)13(16)12-4-2-11-18-12/h12H,2-11H2,1H3. The number of ether oxygens (including phenoxy) is 2. The molecule has 2 heterocycles. The molecule has 0 spiro atoms. The molecule has 2 rings (SSSR count). The Morgan fingerprint density at radius 1 is 1.33 bits per heavy atom. The number of hydrogen-bond acceptors (Lipinski definition) is 4. The predicted molar refractivity (Wildman–Crippen MR) is 68.5 cm³/mol. The maximum Gasteiger partial charge on any atom is 0.251 e. The van der Waals surface area contributed by atoms with E-state index in [0.29, 0.717) is 0 Å². The third-order valence-corrected chi connectivity index (χ3v) is 3.71. The Morgan fingerprint density at radius 3 is 2.72 bits per heavy atom. The van der Waals surface area contributed by atoms with Crippen LogP contribution in [-0.4, -0.2) is 74.9 Å². The molecule has 0 N–H and O–H groups in total. The number of amides is 1. The van der Waals surface area contributed by atoms with Crippen LogP contribution in [0.25, 0.3) is 0 Å². The minimum absolute atomic E-state index is 0.162. The average molecular weight is 256 g/mol. The maximum absolute atomic E-state index is 12.1. The van der Waals surface area contributed by atoms with Crippen LogP contribution in [0.1, 0.15) is 19.3 Å². The molecule has 0 aromatic rings. The number of hydrogen-bond donors (Lipinski definition) is 0. The van der Waals surface area contributed by atoms with Crippen molar-refractivity contribution in [1.29, 1.82) is 0 Å². The molecule has 18 heavy (non-hydrogen) atoms. The van der Waals surface area contributed by atoms with Crippen molar-refractivity contribution < 1.29 is 14.3 Å². The number of rotatable bonds is 5. The zero-order valence-corrected chi connectivity index (χ0v) is 11.3. The van der Waals surface area contributed by atoms with E-state index >= 15 is 0 Å². The molecule has 1 atom stereocenters. The normalized spacial score (nSPS) is 25.6. The van der Waals surface area contributed by atoms with Gasteiger partial charge in [0.2, 0.25) is 0 Å². The second-order valence-corrected chi connectivity index (χ2v) is 5.01. The molecule has 0 radical (unpaired) electrons. The fourth-order valence-electron chi connectivity index (χ4n) is 2.60. The van der Waals surface area contributed by atoms with E-state index in [1.165, 1.54) is 0 Å². The Balaban J connectivity index is 1.67. The van der Waals surface area contributed by atoms with E-state index in [-0.39, 0.29) is 12.0 Å². The van der Waals surface area contributed by atoms with Crippen molar-refractivity contribution in [2.45, 2.75) is 25.4 Å². The third-order valence-electron chi connectivity index (χ3n) is 3.71. The Hall–Kier alpha value is -0.650. The van der Waals surface area contributed by atoms with Crippen LogP contribution in [0.3, 0.4) is 0 Å². The van der Waals surface area contributed by atoms with Crippen molar-refractivity contribution in [2.24, 2.45) is 0 Å². The van der Waals surface area contributed by atoms with Crippen molar-refractivity contribution in [2.75, 3.05) is 53.0 Å². The second kappa shape index (κ2) is 7.07. The number of piperazine rings is 1. The number of methoxy groups -OCH3 is 1. The summed E-state index contributed by atoms with van der Waals surface area (Å²) in [6.45, 7) is 6.25. The van der Waals surface area contributed by atoms with Crippen LogP contribution in [0.4, 0.5) is 0 Å². The Bertz CT molecular complexity index is 259. The van der Waals surface area contributed by atoms with Crippen LogP contribution in [0.2, 0.25) is 0 Å². The topological polar surface area (TPSA) is 42.0 Å². The van der Waals surface area contributed by atoms with Crippen LogP contribution in [0.15, 0.2) is 0 Å². The lowest BCUT2D eigenvalue weighted by molar-refractivity contribution is -0.142. The van der Waals surface area contributed by atoms with Crippen molar-refractivity contribution in [3.05, 3.63) is 0 Å². The quantitative estimate of drug-likeness (QED) is 0.666. The number of nitrogens with zero attached hydrogens (tertiary/aromatic N) is 2. The summed E-state index contributed by atoms with van der Waals surface area (Å²) in [5.74, 6) is 0.198. The third kappa shape index (κ3) is 3.67. The number of carbonyl (C=O) groups excluding carboxylic acids is 1. The average Bonchev–Trinajstić information content (AvgIpc) is 2.93. The number of carbonyl (C=O) groups is 1. The molecule has 2 fully saturated rings. The van der Waals surface area contributed by atoms with Crippen LogP contribution >= 0.6 is 0 Å². The molecule has 5 heteroatoms. The van der Waals surface area contributed by atoms with E-state index in [0.717, 1.165) is 65.2 Å². The largest absolute Gasteiger partial charge is 0.385 e. The van der Waals surface area contributed by atoms with Crippen molar-refractivity contribution in [3.8, 4) is 0 Å². The molecule has 0 aliphatic carbocycles. The van der Waals surface area contributed by atoms with E-state index in [1.807, 2.05) is 4.90 Å². The van der Waals surface area contributed by atoms with Gasteiger partial charge in [0.25, 0.3) is 5.91 Å². The van der Waals surface area contributed by atoms with Gasteiger partial charge in [0.05, 0.1) is 0 Å². The first-order valence-electron chi connectivity index (χ1n) is 6.93. The molecule has 1 amide bonds. The van der Waals surface area contributed by atoms with Gasteiger partial charge in [-0.25, -0.2) is 0 Å². The highest BCUT2D eigenvalue weighted by Crippen LogP contribution is 2.15. The summed E-state index contributed by atoms with van der Waals surface area (Å²) in [7, 11) is 1.73. The van der Waals surface area contributed by atoms with Gasteiger partial charge in [0, 0.05) is 53.0 Å². The van der Waals surface area contributed by atoms with Gasteiger partial charge in [-0.15, -0.1) is 0 Å². The molecular formula is C13H24N2O3. The summed E-state index contributed by atoms with van der Waals surface area (Å²) in [5, 5.41) is 0. The molecule has 0 aromatic heterocycles. The monoisotopic (exact) mass is 256 g/mol. The Labute approximate surface area is 109 Å². The Morgan fingerprint density at radius 2 is 2.11 bits per heavy atom. The van der Waals surface area contributed by atoms with E-state index in [9.17, 15) is 4.79 Å². The SMILES string of the molecule is COCCCN1CCN(C(=O)C2CCCO2)CC1. The van der Waals surface area contributed by atoms with Crippen molar-refractivity contribution >= 4 is 5.91 Å². The summed E-state index contributed by atoms with van der Waals surface area (Å²) in [6, 6.07) is 0. The first-order chi connectivity index (χ1) is 8.81. The first-order valence-corrected chi connectivity index (χ1v) is 6.93. The van der Waals surface area contributed by atoms with Gasteiger partial charge < -0.3 is 14.4 Å². The highest BCUT2D eigenvalue weighted by molar-refractivity contribution is 5.81. The summed E-state index contributed by atoms with van der Waals surface area (Å²) >= 11 is 0. The molecule has 0 aromatic carbocycles. The smallest absolute Gasteiger partial charge is 0.251 e. The van der Waals surface area contributed by atoms with E-state index in [2.05, 4.69) is 4.90 Å². The van der Waals surface area contributed by atoms with Gasteiger partial charge in [-0.3, -0.25) is 9.69 Å². The van der Waals surface area contributed by atoms with Gasteiger partial charge in [-0.2, -0.15) is 0 Å². The van der Waals surface area contributed by atoms with E-state index in [1.54, 1.807) is 7.11 Å². The molecular weight excluding hydrogens is 232 g/mol. The summed E-state index contributed by atoms with van der Waals surface area (Å²) in [5.41, 5.74) is 0. The molecule has 5 nitrogen and oxygen atoms in total. The zero-order valence-electron chi connectivity index (χ0n) is 11.3. The van der Waals surface area contributed by atoms with E-state index in [4.69, 9.17) is 9.47 Å². The van der Waals surface area contributed by atoms with E-state index < -0.39 is 0 Å². The zero-order chi connectivity index (χ0) is 12.8. The molecule has 1 unspecified atom stereocenters. The van der Waals surface area contributed by atoms with Crippen molar-refractivity contribution in [3.63, 3.8) is 0 Å². The lowest BCUT2D eigenvalue weighted by Crippen LogP contribution is -2.51. The summed E-state index contributed by atoms with van der Waals surface area (Å²) in [6.07, 6.45) is 2.82. The van der Waals surface area contributed by atoms with Crippen molar-refractivity contribution in [1.82, 2.24) is 9.80 Å². The molecule has 2 aliphatic rings. The predicted octanol–water partition coefficient (Wildman–Crippen LogP) is 0.346. The highest BCUT2D eigenvalue weighted by atomic mass is 16.5. The molecule has 0 saturated carbocycles. The van der Waals surface area contributed by atoms with Gasteiger partial charge in [-0.05, 0) is 19.3 Å². The van der Waals surface area contributed by atoms with Gasteiger partial charge in [0.15, 0.2) is 0 Å². The van der Waals surface area contributed by atoms with Crippen LogP contribution in [-0.2, 0) is 14.3 Å². The van der Waals surface area contributed by atoms with Crippen LogP contribution < -0.4 is 0 Å². The van der Waals surface area contributed by atoms with Gasteiger partial charge in [-0.1, -0.05) is 0 Å². The maximum atomic E-state index is 12.1. The minimum atomic E-state index is -0.162. The lowest BCUT2D eigenvalue weighted by Gasteiger charge is -2.35. The van der Waals surface area contributed by atoms with Crippen LogP contribution in [0, 0.1) is 0 Å². The second-order valence-electron chi connectivity index (χ2n) is 5.01. The fourth-order valence-corrected chi connectivity index (χ4v) is 2.60. The fraction of sp³-hybridized carbons (Fsp3) is 0.923. The van der Waals surface area contributed by atoms with Gasteiger partial charge >= 0.3 is 0 Å². The molecule has 2 aliphatic heterocycles. The Kier molecular flexibility index (Phi) is 5.41. The molecule has 104 valence electrons. The molecule has 2 saturated heterocycles. The first kappa shape index (κ1) is 13.8. The summed E-state index contributed by atoms with van der Waals surface area (Å²) < 4.78 is 10.5. The van der Waals surface area contributed by atoms with Crippen LogP contribution in [0.5, 0.6) is 0 Å².